The van der Waals surface area contributed by atoms with Crippen LogP contribution in [0.15, 0.2) is 12.1 Å². The Hall–Kier alpha value is -1.69. The largest absolute Gasteiger partial charge is 0.396 e. The lowest BCUT2D eigenvalue weighted by atomic mass is 10.1. The van der Waals surface area contributed by atoms with E-state index >= 15 is 0 Å². The van der Waals surface area contributed by atoms with E-state index in [0.29, 0.717) is 18.2 Å². The number of carbonyl (C=O) groups is 1. The normalized spacial score (nSPS) is 19.0. The number of carbonyl (C=O) groups excluding carboxylic acids is 1. The Morgan fingerprint density at radius 3 is 2.94 bits per heavy atom. The molecule has 0 spiro atoms. The molecular formula is C12H18N4O2. The van der Waals surface area contributed by atoms with E-state index in [1.165, 1.54) is 0 Å². The van der Waals surface area contributed by atoms with E-state index < -0.39 is 0 Å². The summed E-state index contributed by atoms with van der Waals surface area (Å²) in [5.74, 6) is 0.875. The van der Waals surface area contributed by atoms with Crippen molar-refractivity contribution in [2.45, 2.75) is 13.3 Å². The molecule has 98 valence electrons. The van der Waals surface area contributed by atoms with Gasteiger partial charge in [0.25, 0.3) is 5.91 Å². The maximum absolute atomic E-state index is 11.5. The third kappa shape index (κ3) is 2.76. The number of aliphatic hydroxyl groups excluding tert-OH is 1. The Morgan fingerprint density at radius 1 is 1.56 bits per heavy atom. The average Bonchev–Trinajstić information content (AvgIpc) is 2.88. The second-order valence-electron chi connectivity index (χ2n) is 4.42. The van der Waals surface area contributed by atoms with Gasteiger partial charge < -0.3 is 15.3 Å². The van der Waals surface area contributed by atoms with Crippen molar-refractivity contribution in [3.05, 3.63) is 17.8 Å². The maximum atomic E-state index is 11.5. The first-order chi connectivity index (χ1) is 8.74. The molecule has 1 aliphatic heterocycles. The van der Waals surface area contributed by atoms with Gasteiger partial charge in [0.05, 0.1) is 0 Å². The molecule has 0 saturated carbocycles. The van der Waals surface area contributed by atoms with Crippen LogP contribution in [-0.4, -0.2) is 47.5 Å². The Morgan fingerprint density at radius 2 is 2.39 bits per heavy atom. The minimum absolute atomic E-state index is 0.203. The number of hydrogen-bond acceptors (Lipinski definition) is 5. The lowest BCUT2D eigenvalue weighted by Crippen LogP contribution is -2.25. The predicted molar refractivity (Wildman–Crippen MR) is 67.4 cm³/mol. The van der Waals surface area contributed by atoms with E-state index in [-0.39, 0.29) is 12.5 Å². The topological polar surface area (TPSA) is 78.4 Å². The molecule has 1 aromatic rings. The molecule has 2 rings (SSSR count). The summed E-state index contributed by atoms with van der Waals surface area (Å²) >= 11 is 0. The number of rotatable bonds is 4. The fourth-order valence-electron chi connectivity index (χ4n) is 2.06. The molecule has 1 atom stereocenters. The molecule has 6 nitrogen and oxygen atoms in total. The third-order valence-electron chi connectivity index (χ3n) is 3.09. The summed E-state index contributed by atoms with van der Waals surface area (Å²) in [6, 6.07) is 3.48. The summed E-state index contributed by atoms with van der Waals surface area (Å²) in [6.07, 6.45) is 0.969. The van der Waals surface area contributed by atoms with Crippen molar-refractivity contribution in [2.75, 3.05) is 31.1 Å². The molecule has 1 unspecified atom stereocenters. The van der Waals surface area contributed by atoms with Crippen LogP contribution in [0.1, 0.15) is 23.8 Å². The quantitative estimate of drug-likeness (QED) is 0.789. The summed E-state index contributed by atoms with van der Waals surface area (Å²) in [5, 5.41) is 19.8. The number of hydrogen-bond donors (Lipinski definition) is 2. The summed E-state index contributed by atoms with van der Waals surface area (Å²) in [5.41, 5.74) is 0.332. The summed E-state index contributed by atoms with van der Waals surface area (Å²) in [7, 11) is 0. The van der Waals surface area contributed by atoms with Crippen molar-refractivity contribution in [1.82, 2.24) is 15.5 Å². The van der Waals surface area contributed by atoms with Crippen molar-refractivity contribution in [1.29, 1.82) is 0 Å². The first-order valence-corrected chi connectivity index (χ1v) is 6.22. The fourth-order valence-corrected chi connectivity index (χ4v) is 2.06. The number of nitrogens with zero attached hydrogens (tertiary/aromatic N) is 3. The number of amides is 1. The Labute approximate surface area is 106 Å². The van der Waals surface area contributed by atoms with Gasteiger partial charge >= 0.3 is 0 Å². The summed E-state index contributed by atoms with van der Waals surface area (Å²) in [6.45, 7) is 4.32. The Kier molecular flexibility index (Phi) is 4.09. The lowest BCUT2D eigenvalue weighted by Gasteiger charge is -2.16. The smallest absolute Gasteiger partial charge is 0.271 e. The molecule has 1 saturated heterocycles. The number of nitrogens with one attached hydrogen (secondary N) is 1. The van der Waals surface area contributed by atoms with Gasteiger partial charge in [0.2, 0.25) is 0 Å². The molecule has 2 N–H and O–H groups in total. The highest BCUT2D eigenvalue weighted by molar-refractivity contribution is 5.92. The first kappa shape index (κ1) is 12.8. The first-order valence-electron chi connectivity index (χ1n) is 6.22. The van der Waals surface area contributed by atoms with Gasteiger partial charge in [-0.3, -0.25) is 4.79 Å². The molecule has 6 heteroatoms. The molecule has 1 fully saturated rings. The predicted octanol–water partition coefficient (Wildman–Crippen LogP) is 0.0449. The summed E-state index contributed by atoms with van der Waals surface area (Å²) < 4.78 is 0. The fraction of sp³-hybridized carbons (Fsp3) is 0.583. The van der Waals surface area contributed by atoms with Crippen LogP contribution in [0.3, 0.4) is 0 Å². The monoisotopic (exact) mass is 250 g/mol. The Balaban J connectivity index is 2.02. The van der Waals surface area contributed by atoms with E-state index in [1.54, 1.807) is 12.1 Å². The van der Waals surface area contributed by atoms with Gasteiger partial charge in [-0.15, -0.1) is 10.2 Å². The van der Waals surface area contributed by atoms with E-state index in [4.69, 9.17) is 5.11 Å². The third-order valence-corrected chi connectivity index (χ3v) is 3.09. The average molecular weight is 250 g/mol. The molecule has 1 aliphatic rings. The van der Waals surface area contributed by atoms with Crippen LogP contribution < -0.4 is 10.2 Å². The zero-order chi connectivity index (χ0) is 13.0. The van der Waals surface area contributed by atoms with Crippen LogP contribution in [0.5, 0.6) is 0 Å². The molecular weight excluding hydrogens is 232 g/mol. The van der Waals surface area contributed by atoms with Crippen LogP contribution >= 0.6 is 0 Å². The molecule has 1 amide bonds. The molecule has 0 radical (unpaired) electrons. The Bertz CT molecular complexity index is 407. The second-order valence-corrected chi connectivity index (χ2v) is 4.42. The zero-order valence-electron chi connectivity index (χ0n) is 10.5. The van der Waals surface area contributed by atoms with E-state index in [9.17, 15) is 4.79 Å². The number of anilines is 1. The van der Waals surface area contributed by atoms with Crippen LogP contribution in [0, 0.1) is 5.92 Å². The lowest BCUT2D eigenvalue weighted by molar-refractivity contribution is 0.0950. The van der Waals surface area contributed by atoms with Crippen LogP contribution in [0.4, 0.5) is 5.82 Å². The molecule has 2 heterocycles. The van der Waals surface area contributed by atoms with Crippen molar-refractivity contribution >= 4 is 11.7 Å². The number of aromatic nitrogens is 2. The van der Waals surface area contributed by atoms with Crippen molar-refractivity contribution < 1.29 is 9.90 Å². The highest BCUT2D eigenvalue weighted by Crippen LogP contribution is 2.20. The van der Waals surface area contributed by atoms with Gasteiger partial charge in [-0.25, -0.2) is 0 Å². The van der Waals surface area contributed by atoms with Gasteiger partial charge in [0.1, 0.15) is 0 Å². The molecule has 1 aromatic heterocycles. The highest BCUT2D eigenvalue weighted by Gasteiger charge is 2.23. The molecule has 0 bridgehead atoms. The van der Waals surface area contributed by atoms with Crippen LogP contribution in [0.2, 0.25) is 0 Å². The van der Waals surface area contributed by atoms with Crippen molar-refractivity contribution in [2.24, 2.45) is 5.92 Å². The van der Waals surface area contributed by atoms with Gasteiger partial charge in [-0.2, -0.15) is 0 Å². The minimum Gasteiger partial charge on any atom is -0.396 e. The van der Waals surface area contributed by atoms with Gasteiger partial charge in [0.15, 0.2) is 11.5 Å². The number of aliphatic hydroxyl groups is 1. The standard InChI is InChI=1S/C12H18N4O2/c1-2-13-12(18)10-3-4-11(15-14-10)16-6-5-9(7-16)8-17/h3-4,9,17H,2,5-8H2,1H3,(H,13,18). The van der Waals surface area contributed by atoms with Crippen molar-refractivity contribution in [3.8, 4) is 0 Å². The minimum atomic E-state index is -0.203. The van der Waals surface area contributed by atoms with Crippen molar-refractivity contribution in [3.63, 3.8) is 0 Å². The molecule has 0 aliphatic carbocycles. The molecule has 0 aromatic carbocycles. The maximum Gasteiger partial charge on any atom is 0.271 e. The zero-order valence-corrected chi connectivity index (χ0v) is 10.5. The SMILES string of the molecule is CCNC(=O)c1ccc(N2CCC(CO)C2)nn1. The van der Waals surface area contributed by atoms with Gasteiger partial charge in [-0.1, -0.05) is 0 Å². The summed E-state index contributed by atoms with van der Waals surface area (Å²) in [4.78, 5) is 13.6. The van der Waals surface area contributed by atoms with Crippen LogP contribution in [-0.2, 0) is 0 Å². The van der Waals surface area contributed by atoms with E-state index in [1.807, 2.05) is 6.92 Å². The van der Waals surface area contributed by atoms with Crippen LogP contribution in [0.25, 0.3) is 0 Å². The van der Waals surface area contributed by atoms with Gasteiger partial charge in [0, 0.05) is 32.2 Å². The van der Waals surface area contributed by atoms with E-state index in [0.717, 1.165) is 25.3 Å². The second kappa shape index (κ2) is 5.77. The van der Waals surface area contributed by atoms with E-state index in [2.05, 4.69) is 20.4 Å². The van der Waals surface area contributed by atoms with Gasteiger partial charge in [-0.05, 0) is 25.5 Å². The molecule has 18 heavy (non-hydrogen) atoms. The highest BCUT2D eigenvalue weighted by atomic mass is 16.3.